The van der Waals surface area contributed by atoms with Crippen LogP contribution in [0, 0.1) is 5.92 Å². The molecule has 0 aliphatic heterocycles. The zero-order valence-electron chi connectivity index (χ0n) is 21.7. The maximum absolute atomic E-state index is 5.19. The molecule has 194 valence electrons. The Hall–Kier alpha value is -5.12. The van der Waals surface area contributed by atoms with Crippen molar-refractivity contribution < 1.29 is 0 Å². The van der Waals surface area contributed by atoms with Crippen LogP contribution in [0.15, 0.2) is 91.3 Å². The molecular weight excluding hydrogens is 488 g/mol. The highest BCUT2D eigenvalue weighted by Gasteiger charge is 2.17. The van der Waals surface area contributed by atoms with Crippen molar-refractivity contribution in [2.24, 2.45) is 5.92 Å². The first-order valence-corrected chi connectivity index (χ1v) is 12.8. The molecule has 2 aromatic carbocycles. The summed E-state index contributed by atoms with van der Waals surface area (Å²) < 4.78 is 1.78. The minimum atomic E-state index is 0.437. The number of aromatic amines is 1. The van der Waals surface area contributed by atoms with Crippen LogP contribution in [0.4, 0.5) is 17.3 Å². The lowest BCUT2D eigenvalue weighted by molar-refractivity contribution is 0.605. The van der Waals surface area contributed by atoms with Crippen LogP contribution in [0.1, 0.15) is 19.4 Å². The van der Waals surface area contributed by atoms with Gasteiger partial charge in [0, 0.05) is 48.2 Å². The summed E-state index contributed by atoms with van der Waals surface area (Å²) in [5.41, 5.74) is 5.46. The number of rotatable bonds is 9. The van der Waals surface area contributed by atoms with Crippen molar-refractivity contribution in [2.75, 3.05) is 16.8 Å². The Bertz CT molecular complexity index is 1680. The van der Waals surface area contributed by atoms with Crippen LogP contribution in [0.3, 0.4) is 0 Å². The number of tetrazole rings is 1. The van der Waals surface area contributed by atoms with Gasteiger partial charge in [0.25, 0.3) is 0 Å². The molecule has 39 heavy (non-hydrogen) atoms. The Morgan fingerprint density at radius 3 is 2.54 bits per heavy atom. The average molecular weight is 517 g/mol. The molecule has 0 aliphatic rings. The Morgan fingerprint density at radius 1 is 0.923 bits per heavy atom. The van der Waals surface area contributed by atoms with Crippen LogP contribution in [-0.2, 0) is 6.54 Å². The first-order valence-electron chi connectivity index (χ1n) is 12.8. The monoisotopic (exact) mass is 516 g/mol. The fraction of sp³-hybridized carbons (Fsp3) is 0.172. The molecule has 0 amide bonds. The highest BCUT2D eigenvalue weighted by atomic mass is 15.5. The molecule has 0 aliphatic carbocycles. The number of anilines is 3. The van der Waals surface area contributed by atoms with E-state index in [0.717, 1.165) is 52.9 Å². The van der Waals surface area contributed by atoms with Gasteiger partial charge in [0.2, 0.25) is 0 Å². The predicted molar refractivity (Wildman–Crippen MR) is 151 cm³/mol. The van der Waals surface area contributed by atoms with Gasteiger partial charge in [0.05, 0.1) is 11.9 Å². The predicted octanol–water partition coefficient (Wildman–Crippen LogP) is 5.38. The molecular formula is C29H28N10. The van der Waals surface area contributed by atoms with E-state index in [-0.39, 0.29) is 0 Å². The van der Waals surface area contributed by atoms with E-state index in [2.05, 4.69) is 85.1 Å². The molecule has 4 heterocycles. The average Bonchev–Trinajstić information content (AvgIpc) is 3.66. The number of fused-ring (bicyclic) bond motifs is 1. The normalized spacial score (nSPS) is 11.3. The number of benzene rings is 2. The molecule has 10 heteroatoms. The maximum atomic E-state index is 5.19. The molecule has 0 fully saturated rings. The standard InChI is InChI=1S/C29H28N10/c1-20(2)18-38(19-21-8-4-3-5-9-21)28-17-22(32-27-12-14-30-26-13-15-31-39(26)27)16-25(33-28)23-10-6-7-11-24(23)29-34-36-37-35-29/h3-17,20H,18-19H2,1-2H3,(H,32,33)(H,34,35,36,37). The van der Waals surface area contributed by atoms with Gasteiger partial charge < -0.3 is 10.2 Å². The Labute approximate surface area is 225 Å². The lowest BCUT2D eigenvalue weighted by atomic mass is 10.0. The second-order valence-electron chi connectivity index (χ2n) is 9.71. The van der Waals surface area contributed by atoms with E-state index in [1.807, 2.05) is 48.5 Å². The smallest absolute Gasteiger partial charge is 0.180 e. The number of H-pyrrole nitrogens is 1. The summed E-state index contributed by atoms with van der Waals surface area (Å²) >= 11 is 0. The van der Waals surface area contributed by atoms with Gasteiger partial charge >= 0.3 is 0 Å². The summed E-state index contributed by atoms with van der Waals surface area (Å²) in [7, 11) is 0. The fourth-order valence-corrected chi connectivity index (χ4v) is 4.64. The molecule has 0 bridgehead atoms. The minimum Gasteiger partial charge on any atom is -0.352 e. The van der Waals surface area contributed by atoms with Gasteiger partial charge in [-0.3, -0.25) is 0 Å². The number of aromatic nitrogens is 8. The summed E-state index contributed by atoms with van der Waals surface area (Å²) in [6, 6.07) is 26.4. The van der Waals surface area contributed by atoms with Gasteiger partial charge in [-0.2, -0.15) is 9.61 Å². The highest BCUT2D eigenvalue weighted by Crippen LogP contribution is 2.33. The topological polar surface area (TPSA) is 113 Å². The van der Waals surface area contributed by atoms with E-state index < -0.39 is 0 Å². The van der Waals surface area contributed by atoms with E-state index in [9.17, 15) is 0 Å². The lowest BCUT2D eigenvalue weighted by Gasteiger charge is -2.27. The van der Waals surface area contributed by atoms with Crippen molar-refractivity contribution in [2.45, 2.75) is 20.4 Å². The van der Waals surface area contributed by atoms with Crippen molar-refractivity contribution in [3.8, 4) is 22.6 Å². The van der Waals surface area contributed by atoms with E-state index in [1.54, 1.807) is 16.9 Å². The number of nitrogens with one attached hydrogen (secondary N) is 2. The number of nitrogens with zero attached hydrogens (tertiary/aromatic N) is 8. The number of pyridine rings is 1. The van der Waals surface area contributed by atoms with E-state index in [0.29, 0.717) is 11.7 Å². The van der Waals surface area contributed by atoms with Crippen LogP contribution in [0.5, 0.6) is 0 Å². The van der Waals surface area contributed by atoms with Gasteiger partial charge in [0.1, 0.15) is 11.6 Å². The highest BCUT2D eigenvalue weighted by molar-refractivity contribution is 5.81. The van der Waals surface area contributed by atoms with Crippen LogP contribution in [-0.4, -0.2) is 46.8 Å². The molecule has 6 aromatic rings. The minimum absolute atomic E-state index is 0.437. The maximum Gasteiger partial charge on any atom is 0.180 e. The first-order chi connectivity index (χ1) is 19.1. The van der Waals surface area contributed by atoms with Crippen molar-refractivity contribution in [3.63, 3.8) is 0 Å². The van der Waals surface area contributed by atoms with Crippen LogP contribution < -0.4 is 10.2 Å². The molecule has 4 aromatic heterocycles. The molecule has 0 unspecified atom stereocenters. The van der Waals surface area contributed by atoms with Crippen LogP contribution >= 0.6 is 0 Å². The molecule has 2 N–H and O–H groups in total. The third-order valence-electron chi connectivity index (χ3n) is 6.30. The molecule has 0 atom stereocenters. The van der Waals surface area contributed by atoms with Crippen molar-refractivity contribution in [1.82, 2.24) is 40.2 Å². The van der Waals surface area contributed by atoms with Crippen LogP contribution in [0.25, 0.3) is 28.3 Å². The lowest BCUT2D eigenvalue weighted by Crippen LogP contribution is -2.28. The van der Waals surface area contributed by atoms with Crippen molar-refractivity contribution >= 4 is 23.0 Å². The number of hydrogen-bond donors (Lipinski definition) is 2. The summed E-state index contributed by atoms with van der Waals surface area (Å²) in [4.78, 5) is 11.9. The SMILES string of the molecule is CC(C)CN(Cc1ccccc1)c1cc(Nc2ccnc3ccnn23)cc(-c2ccccc2-c2nnn[nH]2)n1. The quantitative estimate of drug-likeness (QED) is 0.263. The van der Waals surface area contributed by atoms with Gasteiger partial charge in [-0.25, -0.2) is 15.1 Å². The zero-order chi connectivity index (χ0) is 26.6. The Morgan fingerprint density at radius 2 is 1.74 bits per heavy atom. The molecule has 6 rings (SSSR count). The first kappa shape index (κ1) is 24.2. The summed E-state index contributed by atoms with van der Waals surface area (Å²) in [5, 5.41) is 22.6. The van der Waals surface area contributed by atoms with Gasteiger partial charge in [-0.05, 0) is 34.0 Å². The van der Waals surface area contributed by atoms with Gasteiger partial charge in [-0.15, -0.1) is 5.10 Å². The molecule has 0 radical (unpaired) electrons. The van der Waals surface area contributed by atoms with Crippen LogP contribution in [0.2, 0.25) is 0 Å². The van der Waals surface area contributed by atoms with Crippen molar-refractivity contribution in [1.29, 1.82) is 0 Å². The third kappa shape index (κ3) is 5.30. The summed E-state index contributed by atoms with van der Waals surface area (Å²) in [5.74, 6) is 2.69. The van der Waals surface area contributed by atoms with E-state index in [4.69, 9.17) is 4.98 Å². The molecule has 0 saturated heterocycles. The summed E-state index contributed by atoms with van der Waals surface area (Å²) in [6.07, 6.45) is 3.51. The molecule has 0 saturated carbocycles. The second-order valence-corrected chi connectivity index (χ2v) is 9.71. The number of hydrogen-bond acceptors (Lipinski definition) is 8. The van der Waals surface area contributed by atoms with Crippen molar-refractivity contribution in [3.05, 3.63) is 96.8 Å². The van der Waals surface area contributed by atoms with Gasteiger partial charge in [-0.1, -0.05) is 68.4 Å². The fourth-order valence-electron chi connectivity index (χ4n) is 4.64. The Balaban J connectivity index is 1.48. The third-order valence-corrected chi connectivity index (χ3v) is 6.30. The largest absolute Gasteiger partial charge is 0.352 e. The zero-order valence-corrected chi connectivity index (χ0v) is 21.7. The molecule has 10 nitrogen and oxygen atoms in total. The molecule has 0 spiro atoms. The van der Waals surface area contributed by atoms with E-state index in [1.165, 1.54) is 5.56 Å². The summed E-state index contributed by atoms with van der Waals surface area (Å²) in [6.45, 7) is 6.02. The van der Waals surface area contributed by atoms with E-state index >= 15 is 0 Å². The van der Waals surface area contributed by atoms with Gasteiger partial charge in [0.15, 0.2) is 11.5 Å². The Kier molecular flexibility index (Phi) is 6.65. The second kappa shape index (κ2) is 10.7.